The number of benzene rings is 1. The molecule has 0 radical (unpaired) electrons. The quantitative estimate of drug-likeness (QED) is 0.618. The third-order valence-corrected chi connectivity index (χ3v) is 4.05. The molecule has 0 heterocycles. The summed E-state index contributed by atoms with van der Waals surface area (Å²) >= 11 is 0. The van der Waals surface area contributed by atoms with Crippen LogP contribution in [0.25, 0.3) is 0 Å². The van der Waals surface area contributed by atoms with Crippen molar-refractivity contribution in [3.8, 4) is 0 Å². The van der Waals surface area contributed by atoms with Crippen molar-refractivity contribution in [3.05, 3.63) is 34.1 Å². The van der Waals surface area contributed by atoms with Crippen LogP contribution < -0.4 is 4.90 Å². The summed E-state index contributed by atoms with van der Waals surface area (Å²) in [6, 6.07) is 4.11. The zero-order chi connectivity index (χ0) is 14.0. The van der Waals surface area contributed by atoms with Crippen molar-refractivity contribution in [2.45, 2.75) is 38.6 Å². The molecular formula is C14H19FN2O2. The summed E-state index contributed by atoms with van der Waals surface area (Å²) in [7, 11) is 1.89. The Labute approximate surface area is 112 Å². The van der Waals surface area contributed by atoms with Crippen LogP contribution in [0.5, 0.6) is 0 Å². The monoisotopic (exact) mass is 266 g/mol. The first-order valence-corrected chi connectivity index (χ1v) is 6.67. The van der Waals surface area contributed by atoms with Gasteiger partial charge in [0.25, 0.3) is 5.69 Å². The number of rotatable bonds is 3. The van der Waals surface area contributed by atoms with Gasteiger partial charge in [-0.1, -0.05) is 19.8 Å². The maximum atomic E-state index is 13.5. The fraction of sp³-hybridized carbons (Fsp3) is 0.571. The molecule has 1 aromatic carbocycles. The Kier molecular flexibility index (Phi) is 4.02. The molecule has 1 saturated carbocycles. The molecule has 0 N–H and O–H groups in total. The van der Waals surface area contributed by atoms with Gasteiger partial charge in [-0.15, -0.1) is 0 Å². The molecule has 19 heavy (non-hydrogen) atoms. The molecular weight excluding hydrogens is 247 g/mol. The molecule has 2 atom stereocenters. The summed E-state index contributed by atoms with van der Waals surface area (Å²) in [5, 5.41) is 10.8. The zero-order valence-corrected chi connectivity index (χ0v) is 11.3. The number of nitro groups is 1. The SMILES string of the molecule is CC1CCCCC1N(C)c1cc(F)cc([N+](=O)[O-])c1. The number of anilines is 1. The van der Waals surface area contributed by atoms with E-state index in [0.717, 1.165) is 25.3 Å². The van der Waals surface area contributed by atoms with E-state index in [1.807, 2.05) is 11.9 Å². The number of hydrogen-bond acceptors (Lipinski definition) is 3. The van der Waals surface area contributed by atoms with Crippen molar-refractivity contribution >= 4 is 11.4 Å². The van der Waals surface area contributed by atoms with Crippen LogP contribution in [0, 0.1) is 21.8 Å². The second-order valence-corrected chi connectivity index (χ2v) is 5.36. The van der Waals surface area contributed by atoms with E-state index in [4.69, 9.17) is 0 Å². The molecule has 1 aliphatic rings. The van der Waals surface area contributed by atoms with Gasteiger partial charge in [0.1, 0.15) is 5.82 Å². The molecule has 0 saturated heterocycles. The highest BCUT2D eigenvalue weighted by molar-refractivity contribution is 5.54. The first-order valence-electron chi connectivity index (χ1n) is 6.67. The van der Waals surface area contributed by atoms with Gasteiger partial charge in [0.2, 0.25) is 0 Å². The highest BCUT2D eigenvalue weighted by Gasteiger charge is 2.26. The van der Waals surface area contributed by atoms with Gasteiger partial charge < -0.3 is 4.90 Å². The van der Waals surface area contributed by atoms with E-state index in [9.17, 15) is 14.5 Å². The molecule has 104 valence electrons. The van der Waals surface area contributed by atoms with Crippen molar-refractivity contribution in [2.24, 2.45) is 5.92 Å². The van der Waals surface area contributed by atoms with Crippen LogP contribution in [-0.2, 0) is 0 Å². The number of nitro benzene ring substituents is 1. The summed E-state index contributed by atoms with van der Waals surface area (Å²) in [5.41, 5.74) is 0.399. The number of non-ortho nitro benzene ring substituents is 1. The van der Waals surface area contributed by atoms with Gasteiger partial charge in [0, 0.05) is 24.8 Å². The standard InChI is InChI=1S/C14H19FN2O2/c1-10-5-3-4-6-14(10)16(2)12-7-11(15)8-13(9-12)17(18)19/h7-10,14H,3-6H2,1-2H3. The van der Waals surface area contributed by atoms with E-state index >= 15 is 0 Å². The van der Waals surface area contributed by atoms with Crippen LogP contribution >= 0.6 is 0 Å². The molecule has 1 aliphatic carbocycles. The fourth-order valence-electron chi connectivity index (χ4n) is 2.93. The minimum atomic E-state index is -0.556. The smallest absolute Gasteiger partial charge is 0.274 e. The van der Waals surface area contributed by atoms with Crippen LogP contribution in [0.1, 0.15) is 32.6 Å². The van der Waals surface area contributed by atoms with E-state index in [-0.39, 0.29) is 5.69 Å². The summed E-state index contributed by atoms with van der Waals surface area (Å²) in [5.74, 6) is -0.0272. The number of nitrogens with zero attached hydrogens (tertiary/aromatic N) is 2. The lowest BCUT2D eigenvalue weighted by Gasteiger charge is -2.37. The van der Waals surface area contributed by atoms with Crippen molar-refractivity contribution in [1.82, 2.24) is 0 Å². The molecule has 1 fully saturated rings. The van der Waals surface area contributed by atoms with E-state index < -0.39 is 10.7 Å². The Hall–Kier alpha value is -1.65. The molecule has 0 aliphatic heterocycles. The molecule has 0 spiro atoms. The Morgan fingerprint density at radius 1 is 1.32 bits per heavy atom. The van der Waals surface area contributed by atoms with Crippen molar-refractivity contribution in [3.63, 3.8) is 0 Å². The lowest BCUT2D eigenvalue weighted by atomic mass is 9.85. The average molecular weight is 266 g/mol. The normalized spacial score (nSPS) is 23.1. The van der Waals surface area contributed by atoms with Crippen molar-refractivity contribution in [2.75, 3.05) is 11.9 Å². The van der Waals surface area contributed by atoms with E-state index in [2.05, 4.69) is 6.92 Å². The molecule has 2 unspecified atom stereocenters. The topological polar surface area (TPSA) is 46.4 Å². The Morgan fingerprint density at radius 3 is 2.63 bits per heavy atom. The first kappa shape index (κ1) is 13.8. The van der Waals surface area contributed by atoms with Gasteiger partial charge in [-0.3, -0.25) is 10.1 Å². The molecule has 0 bridgehead atoms. The maximum Gasteiger partial charge on any atom is 0.274 e. The Morgan fingerprint density at radius 2 is 2.00 bits per heavy atom. The van der Waals surface area contributed by atoms with E-state index in [0.29, 0.717) is 17.6 Å². The highest BCUT2D eigenvalue weighted by Crippen LogP contribution is 2.32. The third kappa shape index (κ3) is 3.03. The predicted molar refractivity (Wildman–Crippen MR) is 72.9 cm³/mol. The molecule has 2 rings (SSSR count). The largest absolute Gasteiger partial charge is 0.371 e. The van der Waals surface area contributed by atoms with Crippen LogP contribution in [0.4, 0.5) is 15.8 Å². The molecule has 0 amide bonds. The van der Waals surface area contributed by atoms with Crippen LogP contribution in [-0.4, -0.2) is 18.0 Å². The van der Waals surface area contributed by atoms with Crippen LogP contribution in [0.15, 0.2) is 18.2 Å². The lowest BCUT2D eigenvalue weighted by molar-refractivity contribution is -0.385. The van der Waals surface area contributed by atoms with Crippen LogP contribution in [0.3, 0.4) is 0 Å². The molecule has 1 aromatic rings. The van der Waals surface area contributed by atoms with Gasteiger partial charge in [0.15, 0.2) is 0 Å². The summed E-state index contributed by atoms with van der Waals surface area (Å²) < 4.78 is 13.5. The molecule has 0 aromatic heterocycles. The minimum Gasteiger partial charge on any atom is -0.371 e. The van der Waals surface area contributed by atoms with Gasteiger partial charge in [-0.2, -0.15) is 0 Å². The number of halogens is 1. The highest BCUT2D eigenvalue weighted by atomic mass is 19.1. The second-order valence-electron chi connectivity index (χ2n) is 5.36. The number of hydrogen-bond donors (Lipinski definition) is 0. The predicted octanol–water partition coefficient (Wildman–Crippen LogP) is 3.75. The molecule has 4 nitrogen and oxygen atoms in total. The van der Waals surface area contributed by atoms with Crippen molar-refractivity contribution < 1.29 is 9.31 Å². The van der Waals surface area contributed by atoms with Gasteiger partial charge >= 0.3 is 0 Å². The second kappa shape index (κ2) is 5.55. The Balaban J connectivity index is 2.27. The summed E-state index contributed by atoms with van der Waals surface area (Å²) in [6.45, 7) is 2.19. The average Bonchev–Trinajstić information content (AvgIpc) is 2.37. The Bertz CT molecular complexity index is 479. The summed E-state index contributed by atoms with van der Waals surface area (Å²) in [4.78, 5) is 12.2. The van der Waals surface area contributed by atoms with Crippen LogP contribution in [0.2, 0.25) is 0 Å². The summed E-state index contributed by atoms with van der Waals surface area (Å²) in [6.07, 6.45) is 4.61. The van der Waals surface area contributed by atoms with Crippen molar-refractivity contribution in [1.29, 1.82) is 0 Å². The van der Waals surface area contributed by atoms with Gasteiger partial charge in [-0.05, 0) is 24.8 Å². The lowest BCUT2D eigenvalue weighted by Crippen LogP contribution is -2.39. The first-order chi connectivity index (χ1) is 8.99. The zero-order valence-electron chi connectivity index (χ0n) is 11.3. The maximum absolute atomic E-state index is 13.5. The molecule has 5 heteroatoms. The van der Waals surface area contributed by atoms with Gasteiger partial charge in [-0.25, -0.2) is 4.39 Å². The van der Waals surface area contributed by atoms with E-state index in [1.54, 1.807) is 0 Å². The van der Waals surface area contributed by atoms with E-state index in [1.165, 1.54) is 18.6 Å². The minimum absolute atomic E-state index is 0.190. The van der Waals surface area contributed by atoms with Gasteiger partial charge in [0.05, 0.1) is 11.0 Å². The fourth-order valence-corrected chi connectivity index (χ4v) is 2.93. The third-order valence-electron chi connectivity index (χ3n) is 4.05.